The second-order valence-corrected chi connectivity index (χ2v) is 4.46. The molecule has 0 amide bonds. The molecule has 5 N–H and O–H groups in total. The second kappa shape index (κ2) is 4.30. The summed E-state index contributed by atoms with van der Waals surface area (Å²) in [6.45, 7) is 0. The van der Waals surface area contributed by atoms with Crippen molar-refractivity contribution in [3.8, 4) is 0 Å². The molecule has 16 heavy (non-hydrogen) atoms. The van der Waals surface area contributed by atoms with Crippen LogP contribution in [0.15, 0.2) is 18.2 Å². The van der Waals surface area contributed by atoms with Gasteiger partial charge in [0.2, 0.25) is 0 Å². The zero-order valence-electron chi connectivity index (χ0n) is 7.69. The Morgan fingerprint density at radius 1 is 1.38 bits per heavy atom. The molecule has 1 aromatic carbocycles. The molecule has 0 spiro atoms. The fourth-order valence-electron chi connectivity index (χ4n) is 1.09. The number of rotatable bonds is 3. The summed E-state index contributed by atoms with van der Waals surface area (Å²) in [4.78, 5) is 28.2. The van der Waals surface area contributed by atoms with Crippen LogP contribution in [-0.4, -0.2) is 26.1 Å². The molecule has 1 unspecified atom stereocenters. The third kappa shape index (κ3) is 2.64. The minimum atomic E-state index is -4.73. The number of hydrogen-bond donors (Lipinski definition) is 5. The minimum absolute atomic E-state index is 0.352. The van der Waals surface area contributed by atoms with Gasteiger partial charge in [0.25, 0.3) is 0 Å². The Morgan fingerprint density at radius 2 is 1.94 bits per heavy atom. The van der Waals surface area contributed by atoms with Gasteiger partial charge in [0.15, 0.2) is 5.69 Å². The van der Waals surface area contributed by atoms with Crippen LogP contribution >= 0.6 is 7.60 Å². The van der Waals surface area contributed by atoms with Gasteiger partial charge in [-0.3, -0.25) is 4.57 Å². The second-order valence-electron chi connectivity index (χ2n) is 2.89. The van der Waals surface area contributed by atoms with E-state index < -0.39 is 29.8 Å². The van der Waals surface area contributed by atoms with E-state index >= 15 is 0 Å². The van der Waals surface area contributed by atoms with Crippen LogP contribution in [0.4, 0.5) is 5.69 Å². The van der Waals surface area contributed by atoms with Crippen molar-refractivity contribution in [3.63, 3.8) is 0 Å². The molecule has 0 bridgehead atoms. The van der Waals surface area contributed by atoms with Crippen molar-refractivity contribution >= 4 is 24.6 Å². The average Bonchev–Trinajstić information content (AvgIpc) is 2.15. The number of hydrogen-bond acceptors (Lipinski definition) is 4. The molecular formula is C7H8NO7P. The van der Waals surface area contributed by atoms with Crippen molar-refractivity contribution in [2.75, 3.05) is 0 Å². The molecule has 0 aromatic heterocycles. The van der Waals surface area contributed by atoms with Gasteiger partial charge >= 0.3 is 13.6 Å². The Hall–Kier alpha value is -1.28. The van der Waals surface area contributed by atoms with Crippen LogP contribution in [0, 0.1) is 5.21 Å². The van der Waals surface area contributed by atoms with Crippen LogP contribution in [-0.2, 0) is 4.57 Å². The summed E-state index contributed by atoms with van der Waals surface area (Å²) in [5.74, 6) is -1.38. The lowest BCUT2D eigenvalue weighted by Crippen LogP contribution is -3.00. The third-order valence-electron chi connectivity index (χ3n) is 1.79. The number of nitrogens with one attached hydrogen (secondary N) is 1. The highest BCUT2D eigenvalue weighted by Gasteiger charge is 2.26. The Bertz CT molecular complexity index is 466. The van der Waals surface area contributed by atoms with Crippen LogP contribution in [0.1, 0.15) is 10.4 Å². The molecular weight excluding hydrogens is 241 g/mol. The molecule has 0 heterocycles. The molecule has 0 aliphatic heterocycles. The SMILES string of the molecule is O=C(O)c1ccc(P(=O)(O)O)c([NH+]([O-])O)c1. The molecule has 8 nitrogen and oxygen atoms in total. The maximum Gasteiger partial charge on any atom is 0.362 e. The van der Waals surface area contributed by atoms with Crippen LogP contribution in [0.5, 0.6) is 0 Å². The number of aromatic carboxylic acids is 1. The molecule has 9 heteroatoms. The lowest BCUT2D eigenvalue weighted by Gasteiger charge is -2.16. The molecule has 0 saturated heterocycles. The van der Waals surface area contributed by atoms with E-state index in [1.54, 1.807) is 0 Å². The summed E-state index contributed by atoms with van der Waals surface area (Å²) >= 11 is 0. The van der Waals surface area contributed by atoms with Gasteiger partial charge in [-0.15, -0.1) is 0 Å². The van der Waals surface area contributed by atoms with Crippen molar-refractivity contribution in [2.45, 2.75) is 0 Å². The van der Waals surface area contributed by atoms with Crippen LogP contribution in [0.3, 0.4) is 0 Å². The van der Waals surface area contributed by atoms with Crippen molar-refractivity contribution in [2.24, 2.45) is 0 Å². The average molecular weight is 249 g/mol. The fourth-order valence-corrected chi connectivity index (χ4v) is 1.84. The Kier molecular flexibility index (Phi) is 3.44. The van der Waals surface area contributed by atoms with E-state index in [-0.39, 0.29) is 5.56 Å². The largest absolute Gasteiger partial charge is 0.595 e. The number of carbonyl (C=O) groups is 1. The lowest BCUT2D eigenvalue weighted by atomic mass is 10.2. The maximum atomic E-state index is 10.9. The van der Waals surface area contributed by atoms with Gasteiger partial charge < -0.3 is 20.1 Å². The van der Waals surface area contributed by atoms with Gasteiger partial charge in [-0.1, -0.05) is 0 Å². The molecule has 0 saturated carbocycles. The predicted octanol–water partition coefficient (Wildman–Crippen LogP) is -1.41. The van der Waals surface area contributed by atoms with E-state index in [0.717, 1.165) is 12.1 Å². The molecule has 0 aliphatic carbocycles. The normalized spacial score (nSPS) is 13.5. The van der Waals surface area contributed by atoms with Crippen molar-refractivity contribution in [3.05, 3.63) is 29.0 Å². The van der Waals surface area contributed by atoms with Crippen LogP contribution in [0.25, 0.3) is 0 Å². The van der Waals surface area contributed by atoms with Crippen molar-refractivity contribution < 1.29 is 34.7 Å². The predicted molar refractivity (Wildman–Crippen MR) is 50.9 cm³/mol. The highest BCUT2D eigenvalue weighted by Crippen LogP contribution is 2.35. The Morgan fingerprint density at radius 3 is 2.31 bits per heavy atom. The van der Waals surface area contributed by atoms with Gasteiger partial charge in [-0.25, -0.2) is 10.0 Å². The molecule has 0 radical (unpaired) electrons. The number of carboxylic acid groups (broad SMARTS) is 1. The third-order valence-corrected chi connectivity index (χ3v) is 2.81. The fraction of sp³-hybridized carbons (Fsp3) is 0. The van der Waals surface area contributed by atoms with E-state index in [9.17, 15) is 14.6 Å². The summed E-state index contributed by atoms with van der Waals surface area (Å²) in [5, 5.41) is 25.7. The van der Waals surface area contributed by atoms with E-state index in [4.69, 9.17) is 20.1 Å². The summed E-state index contributed by atoms with van der Waals surface area (Å²) in [6, 6.07) is 2.44. The van der Waals surface area contributed by atoms with E-state index in [0.29, 0.717) is 6.07 Å². The van der Waals surface area contributed by atoms with Gasteiger partial charge in [0.1, 0.15) is 5.30 Å². The standard InChI is InChI=1S/C7H8NO7P/c9-7(10)4-1-2-6(16(13,14)15)5(3-4)8(11)12/h1-3,8,11H,(H,9,10)(H2,13,14,15). The Labute approximate surface area is 89.1 Å². The minimum Gasteiger partial charge on any atom is -0.595 e. The van der Waals surface area contributed by atoms with Gasteiger partial charge in [-0.2, -0.15) is 5.23 Å². The van der Waals surface area contributed by atoms with Gasteiger partial charge in [0, 0.05) is 6.07 Å². The van der Waals surface area contributed by atoms with E-state index in [2.05, 4.69) is 0 Å². The van der Waals surface area contributed by atoms with Gasteiger partial charge in [-0.05, 0) is 12.1 Å². The van der Waals surface area contributed by atoms with Crippen LogP contribution in [0.2, 0.25) is 0 Å². The van der Waals surface area contributed by atoms with E-state index in [1.807, 2.05) is 0 Å². The highest BCUT2D eigenvalue weighted by atomic mass is 31.2. The zero-order valence-corrected chi connectivity index (χ0v) is 8.59. The first-order valence-electron chi connectivity index (χ1n) is 3.90. The molecule has 1 rings (SSSR count). The Balaban J connectivity index is 3.43. The lowest BCUT2D eigenvalue weighted by molar-refractivity contribution is -0.990. The molecule has 0 aliphatic rings. The van der Waals surface area contributed by atoms with Crippen LogP contribution < -0.4 is 10.5 Å². The summed E-state index contributed by atoms with van der Waals surface area (Å²) in [6.07, 6.45) is 0. The van der Waals surface area contributed by atoms with Gasteiger partial charge in [0.05, 0.1) is 5.56 Å². The first-order chi connectivity index (χ1) is 7.23. The quantitative estimate of drug-likeness (QED) is 0.327. The summed E-state index contributed by atoms with van der Waals surface area (Å²) < 4.78 is 10.9. The molecule has 0 fully saturated rings. The van der Waals surface area contributed by atoms with Crippen molar-refractivity contribution in [1.29, 1.82) is 0 Å². The number of quaternary nitrogens is 1. The number of benzene rings is 1. The first-order valence-corrected chi connectivity index (χ1v) is 5.51. The first kappa shape index (κ1) is 12.8. The summed E-state index contributed by atoms with van der Waals surface area (Å²) in [7, 11) is -4.73. The number of carboxylic acids is 1. The topological polar surface area (TPSA) is 143 Å². The highest BCUT2D eigenvalue weighted by molar-refractivity contribution is 7.60. The smallest absolute Gasteiger partial charge is 0.362 e. The van der Waals surface area contributed by atoms with Crippen molar-refractivity contribution in [1.82, 2.24) is 0 Å². The summed E-state index contributed by atoms with van der Waals surface area (Å²) in [5.41, 5.74) is -1.07. The maximum absolute atomic E-state index is 10.9. The van der Waals surface area contributed by atoms with E-state index in [1.165, 1.54) is 0 Å². The molecule has 1 aromatic rings. The molecule has 88 valence electrons. The monoisotopic (exact) mass is 249 g/mol. The molecule has 1 atom stereocenters. The zero-order chi connectivity index (χ0) is 12.5.